The van der Waals surface area contributed by atoms with E-state index in [4.69, 9.17) is 9.47 Å². The van der Waals surface area contributed by atoms with E-state index in [-0.39, 0.29) is 5.91 Å². The van der Waals surface area contributed by atoms with Crippen molar-refractivity contribution in [2.75, 3.05) is 19.1 Å². The zero-order valence-electron chi connectivity index (χ0n) is 11.5. The molecule has 98 valence electrons. The Hall–Kier alpha value is -1.71. The van der Waals surface area contributed by atoms with Crippen LogP contribution in [0.1, 0.15) is 25.8 Å². The second-order valence-electron chi connectivity index (χ2n) is 5.28. The normalized spacial score (nSPS) is 17.8. The maximum Gasteiger partial charge on any atom is 0.230 e. The third-order valence-corrected chi connectivity index (χ3v) is 3.15. The van der Waals surface area contributed by atoms with Gasteiger partial charge in [0.05, 0.1) is 19.2 Å². The van der Waals surface area contributed by atoms with E-state index in [9.17, 15) is 4.79 Å². The van der Waals surface area contributed by atoms with Crippen LogP contribution in [0.15, 0.2) is 12.1 Å². The molecule has 2 rings (SSSR count). The van der Waals surface area contributed by atoms with Gasteiger partial charge in [0, 0.05) is 13.1 Å². The summed E-state index contributed by atoms with van der Waals surface area (Å²) in [6, 6.07) is 3.74. The molecule has 0 aliphatic carbocycles. The van der Waals surface area contributed by atoms with Gasteiger partial charge in [0.15, 0.2) is 0 Å². The van der Waals surface area contributed by atoms with Crippen molar-refractivity contribution in [3.05, 3.63) is 17.7 Å². The fourth-order valence-electron chi connectivity index (χ4n) is 2.28. The summed E-state index contributed by atoms with van der Waals surface area (Å²) in [4.78, 5) is 13.8. The molecule has 0 unspecified atom stereocenters. The zero-order chi connectivity index (χ0) is 13.5. The Morgan fingerprint density at radius 2 is 2.06 bits per heavy atom. The highest BCUT2D eigenvalue weighted by Gasteiger charge is 2.33. The Balaban J connectivity index is 2.61. The van der Waals surface area contributed by atoms with Gasteiger partial charge >= 0.3 is 0 Å². The Labute approximate surface area is 107 Å². The molecule has 1 aromatic carbocycles. The lowest BCUT2D eigenvalue weighted by Crippen LogP contribution is -2.34. The summed E-state index contributed by atoms with van der Waals surface area (Å²) in [6.07, 6.45) is 0.361. The minimum atomic E-state index is -0.505. The van der Waals surface area contributed by atoms with Crippen LogP contribution in [0.25, 0.3) is 0 Å². The quantitative estimate of drug-likeness (QED) is 0.767. The molecule has 0 spiro atoms. The fraction of sp³-hybridized carbons (Fsp3) is 0.500. The molecule has 0 bridgehead atoms. The zero-order valence-corrected chi connectivity index (χ0v) is 11.5. The van der Waals surface area contributed by atoms with E-state index in [0.717, 1.165) is 17.0 Å². The van der Waals surface area contributed by atoms with Crippen LogP contribution in [-0.2, 0) is 4.79 Å². The fourth-order valence-corrected chi connectivity index (χ4v) is 2.28. The van der Waals surface area contributed by atoms with Gasteiger partial charge in [0.2, 0.25) is 5.91 Å². The van der Waals surface area contributed by atoms with Crippen molar-refractivity contribution in [3.8, 4) is 11.5 Å². The van der Waals surface area contributed by atoms with Gasteiger partial charge in [-0.15, -0.1) is 0 Å². The summed E-state index contributed by atoms with van der Waals surface area (Å²) in [5.74, 6) is 1.50. The molecule has 0 N–H and O–H groups in total. The summed E-state index contributed by atoms with van der Waals surface area (Å²) in [5.41, 5.74) is 1.29. The van der Waals surface area contributed by atoms with Crippen molar-refractivity contribution >= 4 is 11.6 Å². The van der Waals surface area contributed by atoms with Crippen molar-refractivity contribution in [2.45, 2.75) is 32.8 Å². The molecule has 18 heavy (non-hydrogen) atoms. The maximum absolute atomic E-state index is 12.1. The van der Waals surface area contributed by atoms with E-state index in [1.807, 2.05) is 32.9 Å². The average Bonchev–Trinajstić information content (AvgIpc) is 2.33. The highest BCUT2D eigenvalue weighted by atomic mass is 16.5. The van der Waals surface area contributed by atoms with Crippen LogP contribution in [-0.4, -0.2) is 25.7 Å². The standard InChI is InChI=1S/C14H19NO3/c1-9-6-10(17-5)7-11-13(9)15(4)12(16)8-14(2,3)18-11/h6-7H,8H2,1-5H3. The molecular weight excluding hydrogens is 230 g/mol. The van der Waals surface area contributed by atoms with Crippen molar-refractivity contribution in [2.24, 2.45) is 0 Å². The molecule has 1 aliphatic rings. The van der Waals surface area contributed by atoms with Crippen LogP contribution in [0.2, 0.25) is 0 Å². The molecule has 0 aromatic heterocycles. The second-order valence-corrected chi connectivity index (χ2v) is 5.28. The number of carbonyl (C=O) groups excluding carboxylic acids is 1. The first-order valence-electron chi connectivity index (χ1n) is 5.98. The molecule has 0 atom stereocenters. The minimum absolute atomic E-state index is 0.0621. The number of hydrogen-bond donors (Lipinski definition) is 0. The van der Waals surface area contributed by atoms with E-state index in [2.05, 4.69) is 0 Å². The second kappa shape index (κ2) is 4.19. The van der Waals surface area contributed by atoms with Gasteiger partial charge in [-0.3, -0.25) is 4.79 Å². The summed E-state index contributed by atoms with van der Waals surface area (Å²) in [7, 11) is 3.41. The van der Waals surface area contributed by atoms with Crippen LogP contribution in [0.3, 0.4) is 0 Å². The first kappa shape index (κ1) is 12.7. The molecule has 0 radical (unpaired) electrons. The summed E-state index contributed by atoms with van der Waals surface area (Å²) in [5, 5.41) is 0. The van der Waals surface area contributed by atoms with E-state index >= 15 is 0 Å². The number of hydrogen-bond acceptors (Lipinski definition) is 3. The van der Waals surface area contributed by atoms with E-state index in [0.29, 0.717) is 12.2 Å². The van der Waals surface area contributed by atoms with Crippen molar-refractivity contribution in [3.63, 3.8) is 0 Å². The first-order chi connectivity index (χ1) is 8.34. The predicted octanol–water partition coefficient (Wildman–Crippen LogP) is 2.53. The Morgan fingerprint density at radius 1 is 1.39 bits per heavy atom. The number of aryl methyl sites for hydroxylation is 1. The molecule has 0 saturated heterocycles. The third-order valence-electron chi connectivity index (χ3n) is 3.15. The van der Waals surface area contributed by atoms with E-state index in [1.165, 1.54) is 0 Å². The van der Waals surface area contributed by atoms with Crippen LogP contribution in [0.5, 0.6) is 11.5 Å². The Kier molecular flexibility index (Phi) is 2.97. The number of fused-ring (bicyclic) bond motifs is 1. The molecule has 0 fully saturated rings. The lowest BCUT2D eigenvalue weighted by atomic mass is 10.1. The number of ether oxygens (including phenoxy) is 2. The Bertz CT molecular complexity index is 494. The van der Waals surface area contributed by atoms with Gasteiger partial charge in [0.1, 0.15) is 17.1 Å². The highest BCUT2D eigenvalue weighted by molar-refractivity contribution is 5.96. The van der Waals surface area contributed by atoms with Crippen LogP contribution in [0.4, 0.5) is 5.69 Å². The molecule has 1 aliphatic heterocycles. The minimum Gasteiger partial charge on any atom is -0.497 e. The highest BCUT2D eigenvalue weighted by Crippen LogP contribution is 2.40. The molecular formula is C14H19NO3. The van der Waals surface area contributed by atoms with Gasteiger partial charge in [-0.25, -0.2) is 0 Å². The van der Waals surface area contributed by atoms with Crippen molar-refractivity contribution in [1.29, 1.82) is 0 Å². The van der Waals surface area contributed by atoms with Gasteiger partial charge in [0.25, 0.3) is 0 Å². The number of benzene rings is 1. The van der Waals surface area contributed by atoms with Crippen molar-refractivity contribution in [1.82, 2.24) is 0 Å². The molecule has 1 heterocycles. The number of rotatable bonds is 1. The third kappa shape index (κ3) is 2.15. The van der Waals surface area contributed by atoms with Crippen LogP contribution < -0.4 is 14.4 Å². The largest absolute Gasteiger partial charge is 0.497 e. The maximum atomic E-state index is 12.1. The lowest BCUT2D eigenvalue weighted by Gasteiger charge is -2.23. The number of anilines is 1. The average molecular weight is 249 g/mol. The summed E-state index contributed by atoms with van der Waals surface area (Å²) in [6.45, 7) is 5.79. The first-order valence-corrected chi connectivity index (χ1v) is 5.98. The number of carbonyl (C=O) groups is 1. The lowest BCUT2D eigenvalue weighted by molar-refractivity contribution is -0.120. The molecule has 1 amide bonds. The van der Waals surface area contributed by atoms with E-state index in [1.54, 1.807) is 19.1 Å². The smallest absolute Gasteiger partial charge is 0.230 e. The van der Waals surface area contributed by atoms with Crippen molar-refractivity contribution < 1.29 is 14.3 Å². The number of nitrogens with zero attached hydrogens (tertiary/aromatic N) is 1. The van der Waals surface area contributed by atoms with Gasteiger partial charge in [-0.05, 0) is 32.4 Å². The van der Waals surface area contributed by atoms with E-state index < -0.39 is 5.60 Å². The Morgan fingerprint density at radius 3 is 2.67 bits per heavy atom. The van der Waals surface area contributed by atoms with Gasteiger partial charge < -0.3 is 14.4 Å². The van der Waals surface area contributed by atoms with Gasteiger partial charge in [-0.1, -0.05) is 0 Å². The summed E-state index contributed by atoms with van der Waals surface area (Å²) < 4.78 is 11.2. The number of amides is 1. The van der Waals surface area contributed by atoms with Crippen LogP contribution >= 0.6 is 0 Å². The SMILES string of the molecule is COc1cc(C)c2c(c1)OC(C)(C)CC(=O)N2C. The predicted molar refractivity (Wildman–Crippen MR) is 70.5 cm³/mol. The molecule has 4 heteroatoms. The van der Waals surface area contributed by atoms with Gasteiger partial charge in [-0.2, -0.15) is 0 Å². The van der Waals surface area contributed by atoms with Crippen LogP contribution in [0, 0.1) is 6.92 Å². The molecule has 1 aromatic rings. The summed E-state index contributed by atoms with van der Waals surface area (Å²) >= 11 is 0. The monoisotopic (exact) mass is 249 g/mol. The topological polar surface area (TPSA) is 38.8 Å². The molecule has 0 saturated carbocycles. The number of methoxy groups -OCH3 is 1. The molecule has 4 nitrogen and oxygen atoms in total.